The summed E-state index contributed by atoms with van der Waals surface area (Å²) in [4.78, 5) is 0. The van der Waals surface area contributed by atoms with Gasteiger partial charge in [0.25, 0.3) is 0 Å². The molecule has 0 amide bonds. The van der Waals surface area contributed by atoms with Crippen LogP contribution >= 0.6 is 11.6 Å². The maximum atomic E-state index is 7.96. The third-order valence-electron chi connectivity index (χ3n) is 0.589. The molecule has 46 valence electrons. The largest absolute Gasteiger partial charge is 0.366 e. The number of hydrogen-bond donors (Lipinski definition) is 0. The molecular formula is C5H8ClNO. The van der Waals surface area contributed by atoms with Gasteiger partial charge in [-0.15, -0.1) is 11.6 Å². The Morgan fingerprint density at radius 1 is 1.62 bits per heavy atom. The Morgan fingerprint density at radius 2 is 2.38 bits per heavy atom. The number of hydrogen-bond acceptors (Lipinski definition) is 2. The first-order valence-corrected chi connectivity index (χ1v) is 2.96. The standard InChI is InChI=1S/C5H8ClNO/c6-2-1-4-8-5-3-7/h1-2,4-5H2. The summed E-state index contributed by atoms with van der Waals surface area (Å²) >= 11 is 5.32. The van der Waals surface area contributed by atoms with E-state index in [1.165, 1.54) is 0 Å². The summed E-state index contributed by atoms with van der Waals surface area (Å²) in [5.74, 6) is 0.603. The van der Waals surface area contributed by atoms with Gasteiger partial charge in [-0.05, 0) is 6.42 Å². The van der Waals surface area contributed by atoms with E-state index in [2.05, 4.69) is 0 Å². The van der Waals surface area contributed by atoms with Crippen molar-refractivity contribution in [3.05, 3.63) is 0 Å². The second kappa shape index (κ2) is 6.74. The fraction of sp³-hybridized carbons (Fsp3) is 0.800. The van der Waals surface area contributed by atoms with E-state index in [1.807, 2.05) is 6.07 Å². The average Bonchev–Trinajstić information content (AvgIpc) is 1.81. The number of ether oxygens (including phenoxy) is 1. The highest BCUT2D eigenvalue weighted by atomic mass is 35.5. The third-order valence-corrected chi connectivity index (χ3v) is 0.856. The molecule has 0 rings (SSSR count). The van der Waals surface area contributed by atoms with Crippen LogP contribution in [0.25, 0.3) is 0 Å². The molecular weight excluding hydrogens is 126 g/mol. The van der Waals surface area contributed by atoms with E-state index < -0.39 is 0 Å². The van der Waals surface area contributed by atoms with Crippen molar-refractivity contribution in [3.8, 4) is 6.07 Å². The minimum absolute atomic E-state index is 0.177. The molecule has 0 heterocycles. The van der Waals surface area contributed by atoms with Crippen LogP contribution in [0.2, 0.25) is 0 Å². The van der Waals surface area contributed by atoms with Crippen molar-refractivity contribution in [3.63, 3.8) is 0 Å². The van der Waals surface area contributed by atoms with Crippen LogP contribution in [0.1, 0.15) is 6.42 Å². The van der Waals surface area contributed by atoms with Crippen molar-refractivity contribution in [2.45, 2.75) is 6.42 Å². The summed E-state index contributed by atoms with van der Waals surface area (Å²) in [5.41, 5.74) is 0. The third kappa shape index (κ3) is 5.74. The Hall–Kier alpha value is -0.260. The van der Waals surface area contributed by atoms with Crippen molar-refractivity contribution in [1.82, 2.24) is 0 Å². The SMILES string of the molecule is N#CCOCCCCl. The number of nitriles is 1. The molecule has 0 radical (unpaired) electrons. The second-order valence-electron chi connectivity index (χ2n) is 1.25. The minimum atomic E-state index is 0.177. The second-order valence-corrected chi connectivity index (χ2v) is 1.63. The lowest BCUT2D eigenvalue weighted by Gasteiger charge is -1.92. The van der Waals surface area contributed by atoms with E-state index in [0.29, 0.717) is 12.5 Å². The number of halogens is 1. The molecule has 0 saturated carbocycles. The lowest BCUT2D eigenvalue weighted by atomic mass is 10.5. The summed E-state index contributed by atoms with van der Waals surface area (Å²) in [6.45, 7) is 0.772. The van der Waals surface area contributed by atoms with E-state index in [9.17, 15) is 0 Å². The molecule has 0 bridgehead atoms. The molecule has 0 spiro atoms. The highest BCUT2D eigenvalue weighted by Gasteiger charge is 1.82. The van der Waals surface area contributed by atoms with Crippen molar-refractivity contribution in [2.75, 3.05) is 19.1 Å². The summed E-state index contributed by atoms with van der Waals surface area (Å²) in [6.07, 6.45) is 0.823. The zero-order valence-electron chi connectivity index (χ0n) is 4.56. The fourth-order valence-electron chi connectivity index (χ4n) is 0.274. The average molecular weight is 134 g/mol. The summed E-state index contributed by atoms with van der Waals surface area (Å²) in [7, 11) is 0. The van der Waals surface area contributed by atoms with Crippen LogP contribution in [-0.2, 0) is 4.74 Å². The fourth-order valence-corrected chi connectivity index (χ4v) is 0.384. The lowest BCUT2D eigenvalue weighted by molar-refractivity contribution is 0.167. The molecule has 0 N–H and O–H groups in total. The molecule has 3 heteroatoms. The Bertz CT molecular complexity index is 79.0. The molecule has 0 aliphatic rings. The van der Waals surface area contributed by atoms with Gasteiger partial charge in [0, 0.05) is 12.5 Å². The van der Waals surface area contributed by atoms with Gasteiger partial charge in [-0.2, -0.15) is 5.26 Å². The molecule has 0 aromatic rings. The highest BCUT2D eigenvalue weighted by molar-refractivity contribution is 6.17. The predicted molar refractivity (Wildman–Crippen MR) is 31.8 cm³/mol. The first-order chi connectivity index (χ1) is 3.91. The van der Waals surface area contributed by atoms with Gasteiger partial charge in [0.2, 0.25) is 0 Å². The quantitative estimate of drug-likeness (QED) is 0.426. The van der Waals surface area contributed by atoms with Crippen LogP contribution in [-0.4, -0.2) is 19.1 Å². The molecule has 0 fully saturated rings. The highest BCUT2D eigenvalue weighted by Crippen LogP contribution is 1.84. The van der Waals surface area contributed by atoms with Gasteiger partial charge in [-0.1, -0.05) is 0 Å². The van der Waals surface area contributed by atoms with E-state index in [4.69, 9.17) is 21.6 Å². The molecule has 0 aromatic carbocycles. The van der Waals surface area contributed by atoms with Crippen molar-refractivity contribution in [1.29, 1.82) is 5.26 Å². The normalized spacial score (nSPS) is 8.50. The van der Waals surface area contributed by atoms with E-state index in [-0.39, 0.29) is 6.61 Å². The molecule has 2 nitrogen and oxygen atoms in total. The first-order valence-electron chi connectivity index (χ1n) is 2.42. The molecule has 0 aliphatic heterocycles. The number of alkyl halides is 1. The van der Waals surface area contributed by atoms with Crippen molar-refractivity contribution in [2.24, 2.45) is 0 Å². The Labute approximate surface area is 54.0 Å². The topological polar surface area (TPSA) is 33.0 Å². The van der Waals surface area contributed by atoms with Gasteiger partial charge in [0.05, 0.1) is 6.07 Å². The van der Waals surface area contributed by atoms with Gasteiger partial charge in [-0.3, -0.25) is 0 Å². The van der Waals surface area contributed by atoms with Gasteiger partial charge >= 0.3 is 0 Å². The number of rotatable bonds is 4. The van der Waals surface area contributed by atoms with E-state index in [0.717, 1.165) is 6.42 Å². The zero-order valence-corrected chi connectivity index (χ0v) is 5.32. The maximum Gasteiger partial charge on any atom is 0.133 e. The van der Waals surface area contributed by atoms with Gasteiger partial charge in [-0.25, -0.2) is 0 Å². The Balaban J connectivity index is 2.65. The predicted octanol–water partition coefficient (Wildman–Crippen LogP) is 1.16. The van der Waals surface area contributed by atoms with Crippen molar-refractivity contribution < 1.29 is 4.74 Å². The Kier molecular flexibility index (Phi) is 6.52. The van der Waals surface area contributed by atoms with Gasteiger partial charge in [0.1, 0.15) is 6.61 Å². The van der Waals surface area contributed by atoms with Crippen LogP contribution in [0.3, 0.4) is 0 Å². The molecule has 0 saturated heterocycles. The number of nitrogens with zero attached hydrogens (tertiary/aromatic N) is 1. The van der Waals surface area contributed by atoms with Crippen LogP contribution < -0.4 is 0 Å². The van der Waals surface area contributed by atoms with E-state index in [1.54, 1.807) is 0 Å². The molecule has 0 aromatic heterocycles. The smallest absolute Gasteiger partial charge is 0.133 e. The van der Waals surface area contributed by atoms with Crippen LogP contribution in [0.5, 0.6) is 0 Å². The van der Waals surface area contributed by atoms with Crippen LogP contribution in [0, 0.1) is 11.3 Å². The van der Waals surface area contributed by atoms with Crippen molar-refractivity contribution >= 4 is 11.6 Å². The first kappa shape index (κ1) is 7.74. The van der Waals surface area contributed by atoms with Gasteiger partial charge in [0.15, 0.2) is 0 Å². The van der Waals surface area contributed by atoms with Crippen LogP contribution in [0.15, 0.2) is 0 Å². The molecule has 8 heavy (non-hydrogen) atoms. The Morgan fingerprint density at radius 3 is 2.88 bits per heavy atom. The summed E-state index contributed by atoms with van der Waals surface area (Å²) in [5, 5.41) is 7.96. The van der Waals surface area contributed by atoms with Gasteiger partial charge < -0.3 is 4.74 Å². The maximum absolute atomic E-state index is 7.96. The van der Waals surface area contributed by atoms with Crippen LogP contribution in [0.4, 0.5) is 0 Å². The summed E-state index contributed by atoms with van der Waals surface area (Å²) in [6, 6.07) is 1.86. The lowest BCUT2D eigenvalue weighted by Crippen LogP contribution is -1.94. The molecule has 0 unspecified atom stereocenters. The molecule has 0 atom stereocenters. The minimum Gasteiger partial charge on any atom is -0.366 e. The monoisotopic (exact) mass is 133 g/mol. The summed E-state index contributed by atoms with van der Waals surface area (Å²) < 4.78 is 4.78. The van der Waals surface area contributed by atoms with E-state index >= 15 is 0 Å². The molecule has 0 aliphatic carbocycles. The zero-order chi connectivity index (χ0) is 6.24.